The van der Waals surface area contributed by atoms with E-state index in [1.807, 2.05) is 13.8 Å². The summed E-state index contributed by atoms with van der Waals surface area (Å²) < 4.78 is 55.2. The summed E-state index contributed by atoms with van der Waals surface area (Å²) >= 11 is 1.20. The molecule has 3 aliphatic rings. The van der Waals surface area contributed by atoms with Crippen molar-refractivity contribution < 1.29 is 31.9 Å². The highest BCUT2D eigenvalue weighted by molar-refractivity contribution is 7.19. The standard InChI is InChI=1S/C28H26F4N4O3S/c1-13-8-18(28(30,31)32)34-22(19(13)24(37)35-7-5-14(10-29)11-35)16-4-6-33-17-9-15(40-23(16)17)12-36-25(38)20-21(26(36)39)27(20,2)3/h4,6,8-9,14,20-21H,5,7,10-12H2,1-3H3. The van der Waals surface area contributed by atoms with Crippen molar-refractivity contribution in [2.75, 3.05) is 19.8 Å². The molecule has 3 atom stereocenters. The number of imide groups is 1. The van der Waals surface area contributed by atoms with Crippen molar-refractivity contribution in [2.24, 2.45) is 23.2 Å². The number of rotatable bonds is 5. The van der Waals surface area contributed by atoms with E-state index in [4.69, 9.17) is 0 Å². The van der Waals surface area contributed by atoms with Crippen LogP contribution in [-0.2, 0) is 22.3 Å². The SMILES string of the molecule is Cc1cc(C(F)(F)F)nc(-c2ccnc3cc(CN4C(=O)C5C(C4=O)C5(C)C)sc23)c1C(=O)N1CCC(CF)C1. The molecular formula is C28H26F4N4O3S. The van der Waals surface area contributed by atoms with Gasteiger partial charge in [-0.15, -0.1) is 11.3 Å². The predicted molar refractivity (Wildman–Crippen MR) is 139 cm³/mol. The van der Waals surface area contributed by atoms with Crippen LogP contribution in [0.15, 0.2) is 24.4 Å². The van der Waals surface area contributed by atoms with Crippen LogP contribution in [0.3, 0.4) is 0 Å². The van der Waals surface area contributed by atoms with Gasteiger partial charge in [0.25, 0.3) is 5.91 Å². The third-order valence-corrected chi connectivity index (χ3v) is 9.58. The number of nitrogens with zero attached hydrogens (tertiary/aromatic N) is 4. The maximum absolute atomic E-state index is 13.8. The minimum atomic E-state index is -4.74. The summed E-state index contributed by atoms with van der Waals surface area (Å²) in [6, 6.07) is 4.07. The monoisotopic (exact) mass is 574 g/mol. The number of hydrogen-bond acceptors (Lipinski definition) is 6. The number of piperidine rings is 1. The van der Waals surface area contributed by atoms with Crippen LogP contribution in [0.2, 0.25) is 0 Å². The number of pyridine rings is 2. The molecule has 12 heteroatoms. The van der Waals surface area contributed by atoms with Crippen molar-refractivity contribution in [1.29, 1.82) is 0 Å². The van der Waals surface area contributed by atoms with E-state index in [9.17, 15) is 31.9 Å². The zero-order valence-electron chi connectivity index (χ0n) is 22.0. The van der Waals surface area contributed by atoms with Crippen molar-refractivity contribution >= 4 is 39.3 Å². The maximum atomic E-state index is 13.8. The number of carbonyl (C=O) groups excluding carboxylic acids is 3. The fraction of sp³-hybridized carbons (Fsp3) is 0.464. The molecule has 3 aromatic heterocycles. The van der Waals surface area contributed by atoms with Crippen LogP contribution in [-0.4, -0.2) is 57.3 Å². The van der Waals surface area contributed by atoms with E-state index in [1.165, 1.54) is 40.3 Å². The van der Waals surface area contributed by atoms with Crippen molar-refractivity contribution in [3.05, 3.63) is 46.1 Å². The number of halogens is 4. The Balaban J connectivity index is 1.42. The number of likely N-dealkylation sites (tertiary alicyclic amines) is 2. The summed E-state index contributed by atoms with van der Waals surface area (Å²) in [6.45, 7) is 5.18. The zero-order valence-corrected chi connectivity index (χ0v) is 22.8. The molecule has 3 fully saturated rings. The first-order valence-electron chi connectivity index (χ1n) is 13.0. The van der Waals surface area contributed by atoms with Gasteiger partial charge in [-0.05, 0) is 42.5 Å². The van der Waals surface area contributed by atoms with Crippen molar-refractivity contribution in [3.63, 3.8) is 0 Å². The molecule has 5 heterocycles. The highest BCUT2D eigenvalue weighted by Gasteiger charge is 2.72. The Labute approximate surface area is 231 Å². The molecule has 2 saturated heterocycles. The Morgan fingerprint density at radius 3 is 2.50 bits per heavy atom. The van der Waals surface area contributed by atoms with Crippen LogP contribution in [0.25, 0.3) is 21.5 Å². The van der Waals surface area contributed by atoms with Gasteiger partial charge in [-0.1, -0.05) is 13.8 Å². The van der Waals surface area contributed by atoms with Crippen molar-refractivity contribution in [2.45, 2.75) is 39.9 Å². The molecule has 6 rings (SSSR count). The Morgan fingerprint density at radius 1 is 1.18 bits per heavy atom. The number of aryl methyl sites for hydroxylation is 1. The molecular weight excluding hydrogens is 548 g/mol. The smallest absolute Gasteiger partial charge is 0.338 e. The first kappa shape index (κ1) is 26.8. The van der Waals surface area contributed by atoms with Gasteiger partial charge in [-0.2, -0.15) is 13.2 Å². The molecule has 210 valence electrons. The Hall–Kier alpha value is -3.41. The molecule has 1 aliphatic carbocycles. The Kier molecular flexibility index (Phi) is 6.06. The highest BCUT2D eigenvalue weighted by Crippen LogP contribution is 2.63. The molecule has 3 unspecified atom stereocenters. The summed E-state index contributed by atoms with van der Waals surface area (Å²) in [6.07, 6.45) is -2.84. The van der Waals surface area contributed by atoms with E-state index in [-0.39, 0.29) is 64.9 Å². The summed E-state index contributed by atoms with van der Waals surface area (Å²) in [5.41, 5.74) is -0.700. The number of thiophene rings is 1. The summed E-state index contributed by atoms with van der Waals surface area (Å²) in [7, 11) is 0. The van der Waals surface area contributed by atoms with Crippen LogP contribution < -0.4 is 0 Å². The molecule has 0 aromatic carbocycles. The molecule has 1 saturated carbocycles. The molecule has 2 aliphatic heterocycles. The fourth-order valence-electron chi connectivity index (χ4n) is 6.15. The molecule has 40 heavy (non-hydrogen) atoms. The average molecular weight is 575 g/mol. The zero-order chi connectivity index (χ0) is 28.7. The van der Waals surface area contributed by atoms with Gasteiger partial charge in [-0.3, -0.25) is 28.7 Å². The number of fused-ring (bicyclic) bond motifs is 2. The second kappa shape index (κ2) is 9.05. The number of hydrogen-bond donors (Lipinski definition) is 0. The molecule has 0 radical (unpaired) electrons. The van der Waals surface area contributed by atoms with Gasteiger partial charge < -0.3 is 4.90 Å². The minimum Gasteiger partial charge on any atom is -0.338 e. The van der Waals surface area contributed by atoms with Gasteiger partial charge >= 0.3 is 6.18 Å². The third-order valence-electron chi connectivity index (χ3n) is 8.44. The normalized spacial score (nSPS) is 23.8. The van der Waals surface area contributed by atoms with Crippen LogP contribution in [0, 0.1) is 30.1 Å². The second-order valence-electron chi connectivity index (χ2n) is 11.4. The fourth-order valence-corrected chi connectivity index (χ4v) is 7.27. The largest absolute Gasteiger partial charge is 0.433 e. The lowest BCUT2D eigenvalue weighted by Gasteiger charge is -2.21. The van der Waals surface area contributed by atoms with Crippen LogP contribution in [0.4, 0.5) is 17.6 Å². The quantitative estimate of drug-likeness (QED) is 0.307. The van der Waals surface area contributed by atoms with Gasteiger partial charge in [0, 0.05) is 35.6 Å². The molecule has 0 N–H and O–H groups in total. The number of aromatic nitrogens is 2. The van der Waals surface area contributed by atoms with Crippen LogP contribution in [0.5, 0.6) is 0 Å². The number of alkyl halides is 4. The second-order valence-corrected chi connectivity index (χ2v) is 12.6. The maximum Gasteiger partial charge on any atom is 0.433 e. The molecule has 0 bridgehead atoms. The number of carbonyl (C=O) groups is 3. The van der Waals surface area contributed by atoms with E-state index in [0.717, 1.165) is 6.07 Å². The van der Waals surface area contributed by atoms with E-state index >= 15 is 0 Å². The lowest BCUT2D eigenvalue weighted by molar-refractivity contribution is -0.144. The number of amides is 3. The lowest BCUT2D eigenvalue weighted by Crippen LogP contribution is -2.35. The summed E-state index contributed by atoms with van der Waals surface area (Å²) in [4.78, 5) is 50.9. The van der Waals surface area contributed by atoms with E-state index < -0.39 is 24.5 Å². The summed E-state index contributed by atoms with van der Waals surface area (Å²) in [5.74, 6) is -1.89. The van der Waals surface area contributed by atoms with Gasteiger partial charge in [0.1, 0.15) is 5.69 Å². The van der Waals surface area contributed by atoms with Gasteiger partial charge in [-0.25, -0.2) is 4.98 Å². The van der Waals surface area contributed by atoms with Gasteiger partial charge in [0.15, 0.2) is 0 Å². The van der Waals surface area contributed by atoms with Crippen molar-refractivity contribution in [1.82, 2.24) is 19.8 Å². The molecule has 3 aromatic rings. The average Bonchev–Trinajstić information content (AvgIpc) is 3.32. The lowest BCUT2D eigenvalue weighted by atomic mass is 9.99. The van der Waals surface area contributed by atoms with E-state index in [1.54, 1.807) is 6.07 Å². The van der Waals surface area contributed by atoms with Gasteiger partial charge in [0.2, 0.25) is 11.8 Å². The first-order chi connectivity index (χ1) is 18.8. The molecule has 7 nitrogen and oxygen atoms in total. The predicted octanol–water partition coefficient (Wildman–Crippen LogP) is 5.26. The highest BCUT2D eigenvalue weighted by atomic mass is 32.1. The Bertz CT molecular complexity index is 1560. The van der Waals surface area contributed by atoms with E-state index in [0.29, 0.717) is 33.6 Å². The summed E-state index contributed by atoms with van der Waals surface area (Å²) in [5, 5.41) is 0. The topological polar surface area (TPSA) is 83.5 Å². The van der Waals surface area contributed by atoms with Crippen LogP contribution in [0.1, 0.15) is 46.8 Å². The molecule has 3 amide bonds. The van der Waals surface area contributed by atoms with Gasteiger partial charge in [0.05, 0.1) is 46.5 Å². The Morgan fingerprint density at radius 2 is 1.88 bits per heavy atom. The third kappa shape index (κ3) is 4.10. The van der Waals surface area contributed by atoms with Crippen molar-refractivity contribution in [3.8, 4) is 11.3 Å². The van der Waals surface area contributed by atoms with E-state index in [2.05, 4.69) is 9.97 Å². The van der Waals surface area contributed by atoms with Crippen LogP contribution >= 0.6 is 11.3 Å². The first-order valence-corrected chi connectivity index (χ1v) is 13.8. The minimum absolute atomic E-state index is 0.0298. The molecule has 0 spiro atoms.